The average molecular weight is 260 g/mol. The van der Waals surface area contributed by atoms with E-state index in [-0.39, 0.29) is 0 Å². The third-order valence-corrected chi connectivity index (χ3v) is 2.76. The van der Waals surface area contributed by atoms with Crippen molar-refractivity contribution in [2.75, 3.05) is 0 Å². The van der Waals surface area contributed by atoms with Crippen molar-refractivity contribution in [2.45, 2.75) is 13.8 Å². The number of allylic oxidation sites excluding steroid dienone is 5. The molecule has 2 rings (SSSR count). The van der Waals surface area contributed by atoms with Crippen molar-refractivity contribution in [3.63, 3.8) is 0 Å². The average Bonchev–Trinajstić information content (AvgIpc) is 2.72. The number of rotatable bonds is 3. The van der Waals surface area contributed by atoms with Crippen LogP contribution < -0.4 is 0 Å². The van der Waals surface area contributed by atoms with Crippen LogP contribution in [0.3, 0.4) is 0 Å². The van der Waals surface area contributed by atoms with Crippen molar-refractivity contribution < 1.29 is 0 Å². The van der Waals surface area contributed by atoms with Gasteiger partial charge in [0.05, 0.1) is 5.02 Å². The lowest BCUT2D eigenvalue weighted by molar-refractivity contribution is 0.950. The summed E-state index contributed by atoms with van der Waals surface area (Å²) in [5, 5.41) is 5.04. The molecule has 2 heterocycles. The van der Waals surface area contributed by atoms with Crippen LogP contribution >= 0.6 is 11.6 Å². The Morgan fingerprint density at radius 1 is 1.39 bits per heavy atom. The molecular weight excluding hydrogens is 246 g/mol. The van der Waals surface area contributed by atoms with Gasteiger partial charge >= 0.3 is 0 Å². The van der Waals surface area contributed by atoms with Crippen LogP contribution in [0.4, 0.5) is 0 Å². The second-order valence-corrected chi connectivity index (χ2v) is 4.25. The number of nitrogens with zero attached hydrogens (tertiary/aromatic N) is 3. The van der Waals surface area contributed by atoms with Crippen molar-refractivity contribution in [3.05, 3.63) is 59.6 Å². The van der Waals surface area contributed by atoms with E-state index in [1.165, 1.54) is 0 Å². The fraction of sp³-hybridized carbons (Fsp3) is 0.143. The molecule has 0 aromatic carbocycles. The molecule has 0 aliphatic rings. The first-order chi connectivity index (χ1) is 8.65. The number of halogens is 1. The molecule has 3 nitrogen and oxygen atoms in total. The Morgan fingerprint density at radius 3 is 2.83 bits per heavy atom. The summed E-state index contributed by atoms with van der Waals surface area (Å²) in [7, 11) is 0. The molecule has 2 aromatic rings. The molecule has 2 aromatic heterocycles. The minimum absolute atomic E-state index is 0.633. The van der Waals surface area contributed by atoms with Crippen LogP contribution in [0.5, 0.6) is 0 Å². The standard InChI is InChI=1S/C14H14ClN3/c1-4-6-10(3)12(5-2)14-16-13-8-7-11(15)9-18(13)17-14/h4-9H,3H2,1-2H3/b6-4-,12-5+. The van der Waals surface area contributed by atoms with Crippen molar-refractivity contribution in [1.82, 2.24) is 14.6 Å². The Balaban J connectivity index is 2.50. The van der Waals surface area contributed by atoms with Gasteiger partial charge in [-0.05, 0) is 31.6 Å². The highest BCUT2D eigenvalue weighted by atomic mass is 35.5. The molecular formula is C14H14ClN3. The summed E-state index contributed by atoms with van der Waals surface area (Å²) in [4.78, 5) is 4.46. The van der Waals surface area contributed by atoms with E-state index in [9.17, 15) is 0 Å². The number of aromatic nitrogens is 3. The maximum Gasteiger partial charge on any atom is 0.182 e. The van der Waals surface area contributed by atoms with Gasteiger partial charge in [0, 0.05) is 11.8 Å². The molecule has 0 N–H and O–H groups in total. The van der Waals surface area contributed by atoms with Gasteiger partial charge in [-0.15, -0.1) is 5.10 Å². The Hall–Kier alpha value is -1.87. The molecule has 92 valence electrons. The summed E-state index contributed by atoms with van der Waals surface area (Å²) in [6, 6.07) is 3.63. The molecule has 0 saturated carbocycles. The molecule has 0 bridgehead atoms. The van der Waals surface area contributed by atoms with Crippen molar-refractivity contribution in [2.24, 2.45) is 0 Å². The zero-order valence-electron chi connectivity index (χ0n) is 10.4. The Kier molecular flexibility index (Phi) is 3.63. The van der Waals surface area contributed by atoms with Crippen molar-refractivity contribution in [1.29, 1.82) is 0 Å². The van der Waals surface area contributed by atoms with Gasteiger partial charge in [0.25, 0.3) is 0 Å². The number of hydrogen-bond donors (Lipinski definition) is 0. The molecule has 0 aliphatic carbocycles. The summed E-state index contributed by atoms with van der Waals surface area (Å²) in [5.74, 6) is 0.655. The third-order valence-electron chi connectivity index (χ3n) is 2.54. The first kappa shape index (κ1) is 12.6. The lowest BCUT2D eigenvalue weighted by Crippen LogP contribution is -1.91. The van der Waals surface area contributed by atoms with E-state index >= 15 is 0 Å². The van der Waals surface area contributed by atoms with Crippen molar-refractivity contribution >= 4 is 22.8 Å². The van der Waals surface area contributed by atoms with Gasteiger partial charge in [0.2, 0.25) is 0 Å². The lowest BCUT2D eigenvalue weighted by Gasteiger charge is -2.00. The molecule has 0 fully saturated rings. The van der Waals surface area contributed by atoms with E-state index < -0.39 is 0 Å². The molecule has 0 atom stereocenters. The van der Waals surface area contributed by atoms with Crippen LogP contribution in [-0.4, -0.2) is 14.6 Å². The minimum Gasteiger partial charge on any atom is -0.219 e. The van der Waals surface area contributed by atoms with Gasteiger partial charge in [0.15, 0.2) is 11.5 Å². The predicted molar refractivity (Wildman–Crippen MR) is 75.6 cm³/mol. The Labute approximate surface area is 111 Å². The fourth-order valence-corrected chi connectivity index (χ4v) is 1.88. The minimum atomic E-state index is 0.633. The van der Waals surface area contributed by atoms with Crippen LogP contribution in [0.2, 0.25) is 5.02 Å². The van der Waals surface area contributed by atoms with Crippen LogP contribution in [-0.2, 0) is 0 Å². The maximum absolute atomic E-state index is 5.92. The zero-order valence-corrected chi connectivity index (χ0v) is 11.1. The molecule has 0 unspecified atom stereocenters. The number of fused-ring (bicyclic) bond motifs is 1. The van der Waals surface area contributed by atoms with Crippen LogP contribution in [0, 0.1) is 0 Å². The SMILES string of the molecule is C=C(/C=C\C)/C(=C\C)c1nc2ccc(Cl)cn2n1. The van der Waals surface area contributed by atoms with E-state index in [2.05, 4.69) is 16.7 Å². The van der Waals surface area contributed by atoms with E-state index in [0.29, 0.717) is 10.8 Å². The highest BCUT2D eigenvalue weighted by Crippen LogP contribution is 2.21. The summed E-state index contributed by atoms with van der Waals surface area (Å²) >= 11 is 5.92. The molecule has 0 spiro atoms. The van der Waals surface area contributed by atoms with Crippen LogP contribution in [0.15, 0.2) is 48.7 Å². The fourth-order valence-electron chi connectivity index (χ4n) is 1.72. The maximum atomic E-state index is 5.92. The van der Waals surface area contributed by atoms with Gasteiger partial charge in [-0.2, -0.15) is 0 Å². The Bertz CT molecular complexity index is 650. The third kappa shape index (κ3) is 2.36. The molecule has 18 heavy (non-hydrogen) atoms. The first-order valence-corrected chi connectivity index (χ1v) is 6.04. The van der Waals surface area contributed by atoms with Crippen LogP contribution in [0.1, 0.15) is 19.7 Å². The van der Waals surface area contributed by atoms with Crippen molar-refractivity contribution in [3.8, 4) is 0 Å². The van der Waals surface area contributed by atoms with Gasteiger partial charge in [-0.3, -0.25) is 0 Å². The first-order valence-electron chi connectivity index (χ1n) is 5.66. The second-order valence-electron chi connectivity index (χ2n) is 3.81. The molecule has 0 aliphatic heterocycles. The summed E-state index contributed by atoms with van der Waals surface area (Å²) in [6.07, 6.45) is 7.57. The number of hydrogen-bond acceptors (Lipinski definition) is 2. The molecule has 4 heteroatoms. The van der Waals surface area contributed by atoms with E-state index in [1.54, 1.807) is 16.8 Å². The number of pyridine rings is 1. The highest BCUT2D eigenvalue weighted by molar-refractivity contribution is 6.30. The second kappa shape index (κ2) is 5.19. The predicted octanol–water partition coefficient (Wildman–Crippen LogP) is 3.92. The van der Waals surface area contributed by atoms with Gasteiger partial charge in [0.1, 0.15) is 0 Å². The summed E-state index contributed by atoms with van der Waals surface area (Å²) in [5.41, 5.74) is 2.58. The van der Waals surface area contributed by atoms with Crippen LogP contribution in [0.25, 0.3) is 11.2 Å². The van der Waals surface area contributed by atoms with Gasteiger partial charge < -0.3 is 0 Å². The Morgan fingerprint density at radius 2 is 2.17 bits per heavy atom. The molecule has 0 saturated heterocycles. The van der Waals surface area contributed by atoms with E-state index in [1.807, 2.05) is 38.1 Å². The summed E-state index contributed by atoms with van der Waals surface area (Å²) in [6.45, 7) is 7.91. The molecule has 0 amide bonds. The smallest absolute Gasteiger partial charge is 0.182 e. The summed E-state index contributed by atoms with van der Waals surface area (Å²) < 4.78 is 1.67. The molecule has 0 radical (unpaired) electrons. The monoisotopic (exact) mass is 259 g/mol. The quantitative estimate of drug-likeness (QED) is 0.782. The topological polar surface area (TPSA) is 30.2 Å². The largest absolute Gasteiger partial charge is 0.219 e. The highest BCUT2D eigenvalue weighted by Gasteiger charge is 2.10. The van der Waals surface area contributed by atoms with Gasteiger partial charge in [-0.1, -0.05) is 36.4 Å². The zero-order chi connectivity index (χ0) is 13.1. The normalized spacial score (nSPS) is 12.5. The van der Waals surface area contributed by atoms with E-state index in [0.717, 1.165) is 16.8 Å². The van der Waals surface area contributed by atoms with Gasteiger partial charge in [-0.25, -0.2) is 9.50 Å². The van der Waals surface area contributed by atoms with E-state index in [4.69, 9.17) is 11.6 Å². The lowest BCUT2D eigenvalue weighted by atomic mass is 10.1.